The first-order valence-electron chi connectivity index (χ1n) is 5.13. The predicted molar refractivity (Wildman–Crippen MR) is 61.3 cm³/mol. The smallest absolute Gasteiger partial charge is 0.321 e. The summed E-state index contributed by atoms with van der Waals surface area (Å²) in [4.78, 5) is 10.8. The normalized spacial score (nSPS) is 13.5. The van der Waals surface area contributed by atoms with Crippen LogP contribution in [0.5, 0.6) is 0 Å². The van der Waals surface area contributed by atoms with Crippen molar-refractivity contribution in [3.05, 3.63) is 0 Å². The van der Waals surface area contributed by atoms with Gasteiger partial charge in [0, 0.05) is 20.8 Å². The van der Waals surface area contributed by atoms with Crippen LogP contribution in [0.15, 0.2) is 0 Å². The molecule has 17 heavy (non-hydrogen) atoms. The Morgan fingerprint density at radius 1 is 1.29 bits per heavy atom. The second-order valence-electron chi connectivity index (χ2n) is 3.46. The van der Waals surface area contributed by atoms with E-state index in [1.165, 1.54) is 14.2 Å². The first kappa shape index (κ1) is 16.3. The van der Waals surface area contributed by atoms with Crippen LogP contribution in [0.2, 0.25) is 0 Å². The molecule has 102 valence electrons. The number of carbonyl (C=O) groups is 1. The maximum absolute atomic E-state index is 11.5. The number of nitrogens with one attached hydrogen (secondary N) is 1. The molecule has 1 unspecified atom stereocenters. The highest BCUT2D eigenvalue weighted by Gasteiger charge is 2.23. The van der Waals surface area contributed by atoms with E-state index in [4.69, 9.17) is 9.84 Å². The molecule has 0 bridgehead atoms. The van der Waals surface area contributed by atoms with Crippen LogP contribution in [0.4, 0.5) is 0 Å². The van der Waals surface area contributed by atoms with Crippen molar-refractivity contribution in [2.75, 3.05) is 33.2 Å². The molecule has 0 aliphatic rings. The summed E-state index contributed by atoms with van der Waals surface area (Å²) in [5, 5.41) is 8.86. The minimum Gasteiger partial charge on any atom is -0.480 e. The Hall–Kier alpha value is -0.700. The van der Waals surface area contributed by atoms with Crippen LogP contribution < -0.4 is 4.72 Å². The number of sulfonamides is 1. The van der Waals surface area contributed by atoms with Gasteiger partial charge in [-0.25, -0.2) is 13.1 Å². The highest BCUT2D eigenvalue weighted by Crippen LogP contribution is 2.01. The number of ether oxygens (including phenoxy) is 2. The Bertz CT molecular complexity index is 315. The van der Waals surface area contributed by atoms with Crippen LogP contribution >= 0.6 is 0 Å². The summed E-state index contributed by atoms with van der Waals surface area (Å²) in [7, 11) is -0.745. The lowest BCUT2D eigenvalue weighted by molar-refractivity contribution is -0.139. The number of hydrogen-bond donors (Lipinski definition) is 2. The molecule has 0 aromatic carbocycles. The fraction of sp³-hybridized carbons (Fsp3) is 0.889. The van der Waals surface area contributed by atoms with Crippen molar-refractivity contribution in [2.24, 2.45) is 0 Å². The van der Waals surface area contributed by atoms with E-state index < -0.39 is 22.0 Å². The highest BCUT2D eigenvalue weighted by atomic mass is 32.2. The number of methoxy groups -OCH3 is 2. The molecule has 0 saturated carbocycles. The molecule has 0 aromatic rings. The minimum absolute atomic E-state index is 0.0275. The lowest BCUT2D eigenvalue weighted by Gasteiger charge is -2.14. The number of rotatable bonds is 10. The van der Waals surface area contributed by atoms with E-state index >= 15 is 0 Å². The number of hydrogen-bond acceptors (Lipinski definition) is 5. The van der Waals surface area contributed by atoms with Crippen LogP contribution in [-0.2, 0) is 24.3 Å². The quantitative estimate of drug-likeness (QED) is 0.515. The van der Waals surface area contributed by atoms with Gasteiger partial charge >= 0.3 is 5.97 Å². The number of carboxylic acid groups (broad SMARTS) is 1. The molecule has 0 aliphatic heterocycles. The van der Waals surface area contributed by atoms with Crippen molar-refractivity contribution < 1.29 is 27.8 Å². The van der Waals surface area contributed by atoms with Crippen LogP contribution in [0.1, 0.15) is 12.8 Å². The van der Waals surface area contributed by atoms with Crippen molar-refractivity contribution in [1.29, 1.82) is 0 Å². The summed E-state index contributed by atoms with van der Waals surface area (Å²) in [6.07, 6.45) is 0.662. The minimum atomic E-state index is -3.62. The third-order valence-electron chi connectivity index (χ3n) is 2.02. The van der Waals surface area contributed by atoms with Crippen molar-refractivity contribution in [1.82, 2.24) is 4.72 Å². The molecule has 0 aromatic heterocycles. The number of carboxylic acids is 1. The number of aliphatic carboxylic acids is 1. The second kappa shape index (κ2) is 8.40. The third kappa shape index (κ3) is 8.08. The molecule has 0 radical (unpaired) electrons. The highest BCUT2D eigenvalue weighted by molar-refractivity contribution is 7.89. The van der Waals surface area contributed by atoms with Crippen LogP contribution in [0.25, 0.3) is 0 Å². The fourth-order valence-corrected chi connectivity index (χ4v) is 2.29. The van der Waals surface area contributed by atoms with Crippen molar-refractivity contribution in [3.8, 4) is 0 Å². The van der Waals surface area contributed by atoms with Crippen molar-refractivity contribution >= 4 is 16.0 Å². The summed E-state index contributed by atoms with van der Waals surface area (Å²) in [6, 6.07) is -1.12. The second-order valence-corrected chi connectivity index (χ2v) is 5.33. The summed E-state index contributed by atoms with van der Waals surface area (Å²) >= 11 is 0. The van der Waals surface area contributed by atoms with Crippen molar-refractivity contribution in [2.45, 2.75) is 18.9 Å². The molecule has 0 aliphatic carbocycles. The van der Waals surface area contributed by atoms with Gasteiger partial charge in [0.1, 0.15) is 6.04 Å². The lowest BCUT2D eigenvalue weighted by atomic mass is 10.2. The fourth-order valence-electron chi connectivity index (χ4n) is 1.13. The zero-order valence-corrected chi connectivity index (χ0v) is 10.8. The van der Waals surface area contributed by atoms with Gasteiger partial charge in [0.2, 0.25) is 10.0 Å². The standard InChI is InChI=1S/C9H19NO6S/c1-15-5-3-4-8(9(11)12)10-17(13,14)7-6-16-2/h8,10H,3-7H2,1-2H3,(H,11,12). The van der Waals surface area contributed by atoms with Gasteiger partial charge in [-0.2, -0.15) is 0 Å². The first-order valence-corrected chi connectivity index (χ1v) is 6.79. The maximum atomic E-state index is 11.5. The zero-order chi connectivity index (χ0) is 13.3. The summed E-state index contributed by atoms with van der Waals surface area (Å²) in [6.45, 7) is 0.420. The molecule has 7 nitrogen and oxygen atoms in total. The van der Waals surface area contributed by atoms with Crippen LogP contribution in [-0.4, -0.2) is 58.7 Å². The Morgan fingerprint density at radius 2 is 1.88 bits per heavy atom. The Morgan fingerprint density at radius 3 is 2.35 bits per heavy atom. The van der Waals surface area contributed by atoms with E-state index in [0.717, 1.165) is 0 Å². The molecule has 0 heterocycles. The molecule has 0 fully saturated rings. The van der Waals surface area contributed by atoms with Gasteiger partial charge < -0.3 is 14.6 Å². The van der Waals surface area contributed by atoms with Crippen LogP contribution in [0.3, 0.4) is 0 Å². The van der Waals surface area contributed by atoms with E-state index in [1.54, 1.807) is 0 Å². The maximum Gasteiger partial charge on any atom is 0.321 e. The molecule has 0 spiro atoms. The Kier molecular flexibility index (Phi) is 8.05. The van der Waals surface area contributed by atoms with E-state index in [9.17, 15) is 13.2 Å². The topological polar surface area (TPSA) is 102 Å². The summed E-state index contributed by atoms with van der Waals surface area (Å²) in [5.74, 6) is -1.44. The van der Waals surface area contributed by atoms with E-state index in [2.05, 4.69) is 9.46 Å². The van der Waals surface area contributed by atoms with Gasteiger partial charge in [-0.3, -0.25) is 4.79 Å². The van der Waals surface area contributed by atoms with Gasteiger partial charge in [-0.1, -0.05) is 0 Å². The van der Waals surface area contributed by atoms with E-state index in [0.29, 0.717) is 13.0 Å². The molecule has 1 atom stereocenters. The average molecular weight is 269 g/mol. The molecule has 2 N–H and O–H groups in total. The van der Waals surface area contributed by atoms with Crippen molar-refractivity contribution in [3.63, 3.8) is 0 Å². The Labute approximate surface area is 101 Å². The lowest BCUT2D eigenvalue weighted by Crippen LogP contribution is -2.42. The summed E-state index contributed by atoms with van der Waals surface area (Å²) in [5.41, 5.74) is 0. The van der Waals surface area contributed by atoms with Gasteiger partial charge in [0.05, 0.1) is 12.4 Å². The van der Waals surface area contributed by atoms with Crippen LogP contribution in [0, 0.1) is 0 Å². The predicted octanol–water partition coefficient (Wildman–Crippen LogP) is -0.568. The molecular weight excluding hydrogens is 250 g/mol. The van der Waals surface area contributed by atoms with Gasteiger partial charge in [0.25, 0.3) is 0 Å². The molecule has 0 amide bonds. The first-order chi connectivity index (χ1) is 7.93. The average Bonchev–Trinajstić information content (AvgIpc) is 2.25. The SMILES string of the molecule is COCCCC(NS(=O)(=O)CCOC)C(=O)O. The van der Waals surface area contributed by atoms with Gasteiger partial charge in [0.15, 0.2) is 0 Å². The molecule has 8 heteroatoms. The largest absolute Gasteiger partial charge is 0.480 e. The van der Waals surface area contributed by atoms with E-state index in [-0.39, 0.29) is 18.8 Å². The van der Waals surface area contributed by atoms with Gasteiger partial charge in [-0.05, 0) is 12.8 Å². The monoisotopic (exact) mass is 269 g/mol. The molecule has 0 rings (SSSR count). The molecule has 0 saturated heterocycles. The van der Waals surface area contributed by atoms with E-state index in [1.807, 2.05) is 0 Å². The summed E-state index contributed by atoms with van der Waals surface area (Å²) < 4.78 is 34.4. The van der Waals surface area contributed by atoms with Gasteiger partial charge in [-0.15, -0.1) is 0 Å². The molecular formula is C9H19NO6S. The Balaban J connectivity index is 4.28. The third-order valence-corrected chi connectivity index (χ3v) is 3.37. The zero-order valence-electron chi connectivity index (χ0n) is 10.0.